The van der Waals surface area contributed by atoms with Gasteiger partial charge >= 0.3 is 6.09 Å². The molecule has 5 nitrogen and oxygen atoms in total. The van der Waals surface area contributed by atoms with Gasteiger partial charge in [0.1, 0.15) is 0 Å². The number of hydrogen-bond donors (Lipinski definition) is 3. The molecule has 0 radical (unpaired) electrons. The highest BCUT2D eigenvalue weighted by Crippen LogP contribution is 2.24. The third kappa shape index (κ3) is 6.08. The van der Waals surface area contributed by atoms with Crippen molar-refractivity contribution in [2.45, 2.75) is 24.8 Å². The van der Waals surface area contributed by atoms with E-state index in [1.807, 2.05) is 36.4 Å². The maximum Gasteiger partial charge on any atom is 0.405 e. The first kappa shape index (κ1) is 19.4. The smallest absolute Gasteiger partial charge is 0.405 e. The number of nitrogens with one attached hydrogen (secondary N) is 2. The first-order valence-corrected chi connectivity index (χ1v) is 9.67. The van der Waals surface area contributed by atoms with E-state index in [-0.39, 0.29) is 0 Å². The predicted molar refractivity (Wildman–Crippen MR) is 108 cm³/mol. The highest BCUT2D eigenvalue weighted by molar-refractivity contribution is 5.66. The van der Waals surface area contributed by atoms with E-state index >= 15 is 0 Å². The van der Waals surface area contributed by atoms with Gasteiger partial charge < -0.3 is 20.6 Å². The molecule has 0 bridgehead atoms. The van der Waals surface area contributed by atoms with E-state index in [2.05, 4.69) is 39.8 Å². The summed E-state index contributed by atoms with van der Waals surface area (Å²) >= 11 is 0. The van der Waals surface area contributed by atoms with Gasteiger partial charge in [0, 0.05) is 32.7 Å². The molecule has 1 amide bonds. The second kappa shape index (κ2) is 9.53. The Bertz CT molecular complexity index is 659. The molecule has 0 aliphatic carbocycles. The lowest BCUT2D eigenvalue weighted by atomic mass is 9.81. The zero-order valence-electron chi connectivity index (χ0n) is 15.7. The SMILES string of the molecule is O=C(O)NC(CCN1CCNCC1)(Cc1ccccc1)Cc1ccccc1. The van der Waals surface area contributed by atoms with Crippen molar-refractivity contribution in [1.29, 1.82) is 0 Å². The highest BCUT2D eigenvalue weighted by Gasteiger charge is 2.33. The first-order valence-electron chi connectivity index (χ1n) is 9.67. The number of hydrogen-bond acceptors (Lipinski definition) is 3. The lowest BCUT2D eigenvalue weighted by Gasteiger charge is -2.37. The van der Waals surface area contributed by atoms with Crippen molar-refractivity contribution in [1.82, 2.24) is 15.5 Å². The molecule has 0 unspecified atom stereocenters. The molecule has 1 fully saturated rings. The minimum Gasteiger partial charge on any atom is -0.465 e. The molecule has 0 aromatic heterocycles. The van der Waals surface area contributed by atoms with Crippen LogP contribution in [0.15, 0.2) is 60.7 Å². The van der Waals surface area contributed by atoms with Gasteiger partial charge in [0.2, 0.25) is 0 Å². The van der Waals surface area contributed by atoms with Crippen molar-refractivity contribution in [3.63, 3.8) is 0 Å². The average Bonchev–Trinajstić information content (AvgIpc) is 2.68. The summed E-state index contributed by atoms with van der Waals surface area (Å²) in [4.78, 5) is 14.1. The van der Waals surface area contributed by atoms with Gasteiger partial charge in [-0.2, -0.15) is 0 Å². The number of rotatable bonds is 8. The Morgan fingerprint density at radius 3 is 1.96 bits per heavy atom. The van der Waals surface area contributed by atoms with Crippen LogP contribution >= 0.6 is 0 Å². The quantitative estimate of drug-likeness (QED) is 0.671. The molecule has 5 heteroatoms. The summed E-state index contributed by atoms with van der Waals surface area (Å²) in [7, 11) is 0. The van der Waals surface area contributed by atoms with Crippen LogP contribution in [-0.2, 0) is 12.8 Å². The molecule has 0 saturated carbocycles. The summed E-state index contributed by atoms with van der Waals surface area (Å²) in [6.07, 6.45) is 1.19. The molecule has 2 aromatic carbocycles. The maximum absolute atomic E-state index is 11.7. The molecule has 27 heavy (non-hydrogen) atoms. The molecule has 2 aromatic rings. The van der Waals surface area contributed by atoms with Crippen LogP contribution < -0.4 is 10.6 Å². The van der Waals surface area contributed by atoms with Crippen LogP contribution in [0.5, 0.6) is 0 Å². The Morgan fingerprint density at radius 1 is 0.963 bits per heavy atom. The molecule has 1 heterocycles. The molecule has 3 N–H and O–H groups in total. The summed E-state index contributed by atoms with van der Waals surface area (Å²) in [5, 5.41) is 15.9. The van der Waals surface area contributed by atoms with Crippen molar-refractivity contribution in [2.24, 2.45) is 0 Å². The Kier molecular flexibility index (Phi) is 6.85. The fraction of sp³-hybridized carbons (Fsp3) is 0.409. The molecule has 1 aliphatic heterocycles. The standard InChI is InChI=1S/C22H29N3O2/c26-21(27)24-22(17-19-7-3-1-4-8-19,18-20-9-5-2-6-10-20)11-14-25-15-12-23-13-16-25/h1-10,23-24H,11-18H2,(H,26,27). The molecule has 1 saturated heterocycles. The lowest BCUT2D eigenvalue weighted by Crippen LogP contribution is -2.54. The van der Waals surface area contributed by atoms with Crippen LogP contribution in [-0.4, -0.2) is 54.4 Å². The molecular formula is C22H29N3O2. The summed E-state index contributed by atoms with van der Waals surface area (Å²) < 4.78 is 0. The van der Waals surface area contributed by atoms with Crippen LogP contribution in [0.25, 0.3) is 0 Å². The van der Waals surface area contributed by atoms with Crippen LogP contribution in [0.3, 0.4) is 0 Å². The number of carbonyl (C=O) groups is 1. The van der Waals surface area contributed by atoms with Crippen molar-refractivity contribution >= 4 is 6.09 Å². The molecule has 0 spiro atoms. The van der Waals surface area contributed by atoms with Crippen molar-refractivity contribution in [3.05, 3.63) is 71.8 Å². The largest absolute Gasteiger partial charge is 0.465 e. The minimum atomic E-state index is -0.956. The van der Waals surface area contributed by atoms with Crippen LogP contribution in [0.2, 0.25) is 0 Å². The fourth-order valence-electron chi connectivity index (χ4n) is 3.90. The fourth-order valence-corrected chi connectivity index (χ4v) is 3.90. The highest BCUT2D eigenvalue weighted by atomic mass is 16.4. The Labute approximate surface area is 161 Å². The third-order valence-corrected chi connectivity index (χ3v) is 5.26. The van der Waals surface area contributed by atoms with Gasteiger partial charge in [-0.15, -0.1) is 0 Å². The van der Waals surface area contributed by atoms with Gasteiger partial charge in [-0.3, -0.25) is 0 Å². The summed E-state index contributed by atoms with van der Waals surface area (Å²) in [6, 6.07) is 20.4. The first-order chi connectivity index (χ1) is 13.2. The van der Waals surface area contributed by atoms with E-state index in [9.17, 15) is 9.90 Å². The van der Waals surface area contributed by atoms with E-state index in [1.54, 1.807) is 0 Å². The Balaban J connectivity index is 1.83. The van der Waals surface area contributed by atoms with E-state index in [4.69, 9.17) is 0 Å². The van der Waals surface area contributed by atoms with E-state index in [0.717, 1.165) is 50.3 Å². The number of amides is 1. The van der Waals surface area contributed by atoms with Crippen molar-refractivity contribution in [2.75, 3.05) is 32.7 Å². The maximum atomic E-state index is 11.7. The normalized spacial score (nSPS) is 15.4. The molecule has 0 atom stereocenters. The third-order valence-electron chi connectivity index (χ3n) is 5.26. The van der Waals surface area contributed by atoms with Gasteiger partial charge in [0.15, 0.2) is 0 Å². The van der Waals surface area contributed by atoms with Crippen LogP contribution in [0.4, 0.5) is 4.79 Å². The predicted octanol–water partition coefficient (Wildman–Crippen LogP) is 2.77. The monoisotopic (exact) mass is 367 g/mol. The molecular weight excluding hydrogens is 338 g/mol. The zero-order valence-corrected chi connectivity index (χ0v) is 15.7. The van der Waals surface area contributed by atoms with Gasteiger partial charge in [0.25, 0.3) is 0 Å². The van der Waals surface area contributed by atoms with Crippen LogP contribution in [0, 0.1) is 0 Å². The van der Waals surface area contributed by atoms with E-state index in [1.165, 1.54) is 0 Å². The molecule has 3 rings (SSSR count). The second-order valence-corrected chi connectivity index (χ2v) is 7.38. The Morgan fingerprint density at radius 2 is 1.48 bits per heavy atom. The minimum absolute atomic E-state index is 0.528. The van der Waals surface area contributed by atoms with Gasteiger partial charge in [0.05, 0.1) is 5.54 Å². The summed E-state index contributed by atoms with van der Waals surface area (Å²) in [5.74, 6) is 0. The van der Waals surface area contributed by atoms with Crippen molar-refractivity contribution < 1.29 is 9.90 Å². The summed E-state index contributed by atoms with van der Waals surface area (Å²) in [5.41, 5.74) is 1.78. The van der Waals surface area contributed by atoms with Gasteiger partial charge in [-0.25, -0.2) is 4.79 Å². The van der Waals surface area contributed by atoms with E-state index < -0.39 is 11.6 Å². The Hall–Kier alpha value is -2.37. The molecule has 144 valence electrons. The number of carboxylic acid groups (broad SMARTS) is 1. The topological polar surface area (TPSA) is 64.6 Å². The second-order valence-electron chi connectivity index (χ2n) is 7.38. The van der Waals surface area contributed by atoms with Gasteiger partial charge in [-0.1, -0.05) is 60.7 Å². The van der Waals surface area contributed by atoms with E-state index in [0.29, 0.717) is 12.8 Å². The van der Waals surface area contributed by atoms with Gasteiger partial charge in [-0.05, 0) is 30.4 Å². The number of nitrogens with zero attached hydrogens (tertiary/aromatic N) is 1. The number of benzene rings is 2. The van der Waals surface area contributed by atoms with Crippen molar-refractivity contribution in [3.8, 4) is 0 Å². The summed E-state index contributed by atoms with van der Waals surface area (Å²) in [6.45, 7) is 4.91. The van der Waals surface area contributed by atoms with Crippen LogP contribution in [0.1, 0.15) is 17.5 Å². The molecule has 1 aliphatic rings. The number of piperazine rings is 1. The lowest BCUT2D eigenvalue weighted by molar-refractivity contribution is 0.161. The zero-order chi connectivity index (χ0) is 19.0. The average molecular weight is 367 g/mol.